The molecular weight excluding hydrogens is 341 g/mol. The fourth-order valence-electron chi connectivity index (χ4n) is 1.38. The average Bonchev–Trinajstić information content (AvgIpc) is 2.29. The predicted molar refractivity (Wildman–Crippen MR) is 70.8 cm³/mol. The number of aliphatic carboxylic acids is 1. The molecule has 0 heterocycles. The first kappa shape index (κ1) is 16.1. The van der Waals surface area contributed by atoms with Crippen molar-refractivity contribution in [2.75, 3.05) is 0 Å². The topological polar surface area (TPSA) is 83.5 Å². The molecule has 1 aromatic carbocycles. The summed E-state index contributed by atoms with van der Waals surface area (Å²) >= 11 is 2.93. The molecule has 0 saturated carbocycles. The fourth-order valence-corrected chi connectivity index (χ4v) is 2.91. The van der Waals surface area contributed by atoms with Crippen molar-refractivity contribution in [3.8, 4) is 0 Å². The highest BCUT2D eigenvalue weighted by molar-refractivity contribution is 9.10. The number of halogens is 2. The number of rotatable bonds is 6. The van der Waals surface area contributed by atoms with Crippen LogP contribution in [0.3, 0.4) is 0 Å². The number of hydrogen-bond donors (Lipinski definition) is 2. The van der Waals surface area contributed by atoms with Crippen LogP contribution >= 0.6 is 15.9 Å². The molecule has 5 nitrogen and oxygen atoms in total. The normalized spacial score (nSPS) is 13.2. The van der Waals surface area contributed by atoms with Crippen LogP contribution in [0, 0.1) is 5.82 Å². The van der Waals surface area contributed by atoms with Crippen molar-refractivity contribution in [2.24, 2.45) is 0 Å². The van der Waals surface area contributed by atoms with E-state index in [0.29, 0.717) is 0 Å². The zero-order chi connectivity index (χ0) is 14.6. The number of carbonyl (C=O) groups is 1. The first-order chi connectivity index (χ1) is 8.72. The molecule has 0 saturated heterocycles. The van der Waals surface area contributed by atoms with E-state index in [9.17, 15) is 17.6 Å². The molecule has 0 aliphatic carbocycles. The van der Waals surface area contributed by atoms with Gasteiger partial charge in [0.25, 0.3) is 0 Å². The van der Waals surface area contributed by atoms with Gasteiger partial charge < -0.3 is 5.11 Å². The zero-order valence-corrected chi connectivity index (χ0v) is 12.5. The Morgan fingerprint density at radius 1 is 1.53 bits per heavy atom. The number of nitrogens with one attached hydrogen (secondary N) is 1. The third-order valence-corrected chi connectivity index (χ3v) is 4.58. The van der Waals surface area contributed by atoms with E-state index in [-0.39, 0.29) is 22.2 Å². The minimum atomic E-state index is -3.85. The van der Waals surface area contributed by atoms with Gasteiger partial charge >= 0.3 is 5.97 Å². The Kier molecular flexibility index (Phi) is 5.45. The maximum Gasteiger partial charge on any atom is 0.303 e. The largest absolute Gasteiger partial charge is 0.481 e. The van der Waals surface area contributed by atoms with E-state index in [4.69, 9.17) is 5.11 Å². The molecule has 0 aliphatic heterocycles. The van der Waals surface area contributed by atoms with Gasteiger partial charge in [-0.3, -0.25) is 4.79 Å². The van der Waals surface area contributed by atoms with Gasteiger partial charge in [0.05, 0.1) is 9.37 Å². The molecule has 1 rings (SSSR count). The molecule has 106 valence electrons. The average molecular weight is 354 g/mol. The van der Waals surface area contributed by atoms with Crippen LogP contribution in [-0.4, -0.2) is 25.5 Å². The van der Waals surface area contributed by atoms with Crippen LogP contribution < -0.4 is 4.72 Å². The van der Waals surface area contributed by atoms with E-state index in [2.05, 4.69) is 20.7 Å². The molecule has 0 bridgehead atoms. The highest BCUT2D eigenvalue weighted by atomic mass is 79.9. The van der Waals surface area contributed by atoms with Crippen molar-refractivity contribution in [3.05, 3.63) is 28.5 Å². The molecule has 0 radical (unpaired) electrons. The molecule has 0 amide bonds. The zero-order valence-electron chi connectivity index (χ0n) is 10.1. The first-order valence-electron chi connectivity index (χ1n) is 5.41. The monoisotopic (exact) mass is 353 g/mol. The summed E-state index contributed by atoms with van der Waals surface area (Å²) in [6.45, 7) is 1.55. The van der Waals surface area contributed by atoms with Gasteiger partial charge in [-0.1, -0.05) is 0 Å². The smallest absolute Gasteiger partial charge is 0.303 e. The second kappa shape index (κ2) is 6.44. The van der Waals surface area contributed by atoms with Gasteiger partial charge in [0, 0.05) is 12.5 Å². The molecular formula is C11H13BrFNO4S. The van der Waals surface area contributed by atoms with E-state index in [0.717, 1.165) is 6.07 Å². The van der Waals surface area contributed by atoms with Crippen LogP contribution in [0.25, 0.3) is 0 Å². The second-order valence-electron chi connectivity index (χ2n) is 4.03. The summed E-state index contributed by atoms with van der Waals surface area (Å²) in [5, 5.41) is 8.51. The Labute approximate surface area is 119 Å². The molecule has 1 aromatic rings. The summed E-state index contributed by atoms with van der Waals surface area (Å²) < 4.78 is 39.6. The Bertz CT molecular complexity index is 576. The van der Waals surface area contributed by atoms with Crippen LogP contribution in [-0.2, 0) is 14.8 Å². The highest BCUT2D eigenvalue weighted by Crippen LogP contribution is 2.19. The first-order valence-corrected chi connectivity index (χ1v) is 7.69. The lowest BCUT2D eigenvalue weighted by Gasteiger charge is -2.13. The molecule has 0 aliphatic rings. The lowest BCUT2D eigenvalue weighted by molar-refractivity contribution is -0.137. The van der Waals surface area contributed by atoms with Gasteiger partial charge in [-0.2, -0.15) is 0 Å². The number of carboxylic acids is 1. The molecule has 0 spiro atoms. The predicted octanol–water partition coefficient (Wildman–Crippen LogP) is 2.12. The third kappa shape index (κ3) is 4.88. The van der Waals surface area contributed by atoms with Crippen LogP contribution in [0.2, 0.25) is 0 Å². The van der Waals surface area contributed by atoms with Crippen LogP contribution in [0.5, 0.6) is 0 Å². The molecule has 1 atom stereocenters. The Hall–Kier alpha value is -0.990. The van der Waals surface area contributed by atoms with Gasteiger partial charge in [-0.25, -0.2) is 17.5 Å². The molecule has 8 heteroatoms. The Morgan fingerprint density at radius 3 is 2.68 bits per heavy atom. The number of hydrogen-bond acceptors (Lipinski definition) is 3. The van der Waals surface area contributed by atoms with Gasteiger partial charge in [0.2, 0.25) is 10.0 Å². The Balaban J connectivity index is 2.80. The maximum atomic E-state index is 13.3. The van der Waals surface area contributed by atoms with Crippen molar-refractivity contribution < 1.29 is 22.7 Å². The van der Waals surface area contributed by atoms with Gasteiger partial charge in [0.1, 0.15) is 5.82 Å². The molecule has 1 unspecified atom stereocenters. The van der Waals surface area contributed by atoms with Crippen LogP contribution in [0.15, 0.2) is 27.6 Å². The fraction of sp³-hybridized carbons (Fsp3) is 0.364. The van der Waals surface area contributed by atoms with E-state index in [1.165, 1.54) is 12.1 Å². The van der Waals surface area contributed by atoms with E-state index in [1.807, 2.05) is 0 Å². The summed E-state index contributed by atoms with van der Waals surface area (Å²) in [6, 6.07) is 2.91. The molecule has 19 heavy (non-hydrogen) atoms. The summed E-state index contributed by atoms with van der Waals surface area (Å²) in [5.74, 6) is -1.68. The minimum Gasteiger partial charge on any atom is -0.481 e. The van der Waals surface area contributed by atoms with Gasteiger partial charge in [-0.05, 0) is 47.5 Å². The number of benzene rings is 1. The summed E-state index contributed by atoms with van der Waals surface area (Å²) in [4.78, 5) is 10.2. The number of carboxylic acid groups (broad SMARTS) is 1. The minimum absolute atomic E-state index is 0.140. The van der Waals surface area contributed by atoms with Crippen molar-refractivity contribution in [3.63, 3.8) is 0 Å². The van der Waals surface area contributed by atoms with Crippen molar-refractivity contribution >= 4 is 31.9 Å². The van der Waals surface area contributed by atoms with Gasteiger partial charge in [-0.15, -0.1) is 0 Å². The van der Waals surface area contributed by atoms with Crippen LogP contribution in [0.1, 0.15) is 19.8 Å². The summed E-state index contributed by atoms with van der Waals surface area (Å²) in [7, 11) is -3.85. The molecule has 0 aromatic heterocycles. The second-order valence-corrected chi connectivity index (χ2v) is 6.60. The van der Waals surface area contributed by atoms with E-state index >= 15 is 0 Å². The maximum absolute atomic E-state index is 13.3. The number of sulfonamides is 1. The molecule has 0 fully saturated rings. The lowest BCUT2D eigenvalue weighted by atomic mass is 10.2. The SMILES string of the molecule is CC(CCC(=O)O)NS(=O)(=O)c1ccc(Br)c(F)c1. The highest BCUT2D eigenvalue weighted by Gasteiger charge is 2.19. The van der Waals surface area contributed by atoms with Crippen molar-refractivity contribution in [1.29, 1.82) is 0 Å². The van der Waals surface area contributed by atoms with Crippen LogP contribution in [0.4, 0.5) is 4.39 Å². The summed E-state index contributed by atoms with van der Waals surface area (Å²) in [6.07, 6.45) is 0.0198. The molecule has 2 N–H and O–H groups in total. The van der Waals surface area contributed by atoms with Crippen molar-refractivity contribution in [1.82, 2.24) is 4.72 Å². The van der Waals surface area contributed by atoms with E-state index in [1.54, 1.807) is 6.92 Å². The van der Waals surface area contributed by atoms with Gasteiger partial charge in [0.15, 0.2) is 0 Å². The Morgan fingerprint density at radius 2 is 2.16 bits per heavy atom. The summed E-state index contributed by atoms with van der Waals surface area (Å²) in [5.41, 5.74) is 0. The standard InChI is InChI=1S/C11H13BrFNO4S/c1-7(2-5-11(15)16)14-19(17,18)8-3-4-9(12)10(13)6-8/h3-4,6-7,14H,2,5H2,1H3,(H,15,16). The quantitative estimate of drug-likeness (QED) is 0.820. The van der Waals surface area contributed by atoms with E-state index < -0.39 is 27.9 Å². The third-order valence-electron chi connectivity index (χ3n) is 2.35. The lowest BCUT2D eigenvalue weighted by Crippen LogP contribution is -2.33. The van der Waals surface area contributed by atoms with Crippen molar-refractivity contribution in [2.45, 2.75) is 30.7 Å².